The molecular formula is C23H24F3N5O3S. The Balaban J connectivity index is 1.77. The molecule has 1 aliphatic rings. The second-order valence-corrected chi connectivity index (χ2v) is 10.7. The van der Waals surface area contributed by atoms with Gasteiger partial charge in [0.2, 0.25) is 0 Å². The smallest absolute Gasteiger partial charge is 0.288 e. The summed E-state index contributed by atoms with van der Waals surface area (Å²) in [5, 5.41) is 3.47. The first-order chi connectivity index (χ1) is 16.4. The van der Waals surface area contributed by atoms with Crippen LogP contribution >= 0.6 is 0 Å². The fourth-order valence-electron chi connectivity index (χ4n) is 4.10. The van der Waals surface area contributed by atoms with Gasteiger partial charge in [0.15, 0.2) is 9.84 Å². The number of nitrogens with two attached hydrogens (primary N) is 1. The number of sulfone groups is 1. The standard InChI is InChI=1S/C23H24F3N5O3S/c1-13(15-4-3-5-18(19(15)24)23(25,26)11-27)30-20-17-10-16(14-6-8-35(33,34)9-7-14)22(32)31(2)21(17)29-12-28-20/h3-6,10,12-13H,7-9,11,27H2,1-2H3,(H,28,29,30)/t13-/m1/s1. The van der Waals surface area contributed by atoms with E-state index in [0.29, 0.717) is 22.2 Å². The summed E-state index contributed by atoms with van der Waals surface area (Å²) >= 11 is 0. The minimum absolute atomic E-state index is 0.00683. The summed E-state index contributed by atoms with van der Waals surface area (Å²) in [4.78, 5) is 21.4. The SMILES string of the molecule is C[C@@H](Nc1ncnc2c1cc(C1=CCS(=O)(=O)CC1)c(=O)n2C)c1cccc(C(F)(F)CN)c1F. The molecule has 1 atom stereocenters. The lowest BCUT2D eigenvalue weighted by Crippen LogP contribution is -2.27. The molecule has 4 rings (SSSR count). The topological polar surface area (TPSA) is 120 Å². The van der Waals surface area contributed by atoms with E-state index in [0.717, 1.165) is 6.07 Å². The maximum atomic E-state index is 15.0. The van der Waals surface area contributed by atoms with Crippen LogP contribution in [0.5, 0.6) is 0 Å². The average molecular weight is 508 g/mol. The summed E-state index contributed by atoms with van der Waals surface area (Å²) in [6, 6.07) is 4.52. The number of alkyl halides is 2. The minimum Gasteiger partial charge on any atom is -0.363 e. The Hall–Kier alpha value is -3.25. The molecule has 0 aliphatic carbocycles. The molecule has 3 heterocycles. The summed E-state index contributed by atoms with van der Waals surface area (Å²) in [5.74, 6) is -4.53. The number of hydrogen-bond acceptors (Lipinski definition) is 7. The van der Waals surface area contributed by atoms with Gasteiger partial charge in [-0.25, -0.2) is 22.8 Å². The molecule has 0 saturated carbocycles. The molecule has 0 radical (unpaired) electrons. The number of allylic oxidation sites excluding steroid dienone is 1. The van der Waals surface area contributed by atoms with Gasteiger partial charge in [0, 0.05) is 18.2 Å². The summed E-state index contributed by atoms with van der Waals surface area (Å²) in [6.07, 6.45) is 2.96. The predicted molar refractivity (Wildman–Crippen MR) is 127 cm³/mol. The molecule has 0 saturated heterocycles. The van der Waals surface area contributed by atoms with Crippen LogP contribution in [0.1, 0.15) is 36.1 Å². The maximum Gasteiger partial charge on any atom is 0.288 e. The van der Waals surface area contributed by atoms with Crippen LogP contribution < -0.4 is 16.6 Å². The lowest BCUT2D eigenvalue weighted by Gasteiger charge is -2.21. The fraction of sp³-hybridized carbons (Fsp3) is 0.348. The zero-order chi connectivity index (χ0) is 25.5. The lowest BCUT2D eigenvalue weighted by atomic mass is 9.99. The van der Waals surface area contributed by atoms with Crippen molar-refractivity contribution in [2.24, 2.45) is 12.8 Å². The number of benzene rings is 1. The number of pyridine rings is 1. The van der Waals surface area contributed by atoms with Crippen LogP contribution in [0.3, 0.4) is 0 Å². The van der Waals surface area contributed by atoms with Crippen molar-refractivity contribution < 1.29 is 21.6 Å². The molecule has 35 heavy (non-hydrogen) atoms. The van der Waals surface area contributed by atoms with E-state index in [9.17, 15) is 26.4 Å². The van der Waals surface area contributed by atoms with Crippen LogP contribution in [0.15, 0.2) is 41.5 Å². The van der Waals surface area contributed by atoms with Crippen LogP contribution in [0.25, 0.3) is 16.6 Å². The summed E-state index contributed by atoms with van der Waals surface area (Å²) in [7, 11) is -1.65. The first kappa shape index (κ1) is 24.9. The normalized spacial score (nSPS) is 16.7. The number of nitrogens with zero attached hydrogens (tertiary/aromatic N) is 3. The van der Waals surface area contributed by atoms with Gasteiger partial charge in [-0.1, -0.05) is 24.3 Å². The molecule has 1 aromatic carbocycles. The van der Waals surface area contributed by atoms with Gasteiger partial charge in [-0.15, -0.1) is 0 Å². The number of fused-ring (bicyclic) bond motifs is 1. The minimum atomic E-state index is -3.52. The molecular weight excluding hydrogens is 483 g/mol. The highest BCUT2D eigenvalue weighted by Crippen LogP contribution is 2.33. The molecule has 186 valence electrons. The largest absolute Gasteiger partial charge is 0.363 e. The van der Waals surface area contributed by atoms with Gasteiger partial charge in [0.1, 0.15) is 23.6 Å². The number of aryl methyl sites for hydroxylation is 1. The average Bonchev–Trinajstić information content (AvgIpc) is 2.82. The van der Waals surface area contributed by atoms with Gasteiger partial charge in [-0.2, -0.15) is 8.78 Å². The lowest BCUT2D eigenvalue weighted by molar-refractivity contribution is 0.00220. The van der Waals surface area contributed by atoms with Crippen LogP contribution in [0.4, 0.5) is 19.0 Å². The molecule has 12 heteroatoms. The van der Waals surface area contributed by atoms with Crippen molar-refractivity contribution in [1.82, 2.24) is 14.5 Å². The van der Waals surface area contributed by atoms with Crippen molar-refractivity contribution in [2.75, 3.05) is 23.4 Å². The van der Waals surface area contributed by atoms with Crippen molar-refractivity contribution in [3.8, 4) is 0 Å². The summed E-state index contributed by atoms with van der Waals surface area (Å²) in [6.45, 7) is 0.563. The third-order valence-corrected chi connectivity index (χ3v) is 7.62. The van der Waals surface area contributed by atoms with E-state index in [1.807, 2.05) is 0 Å². The molecule has 2 aromatic heterocycles. The van der Waals surface area contributed by atoms with Crippen molar-refractivity contribution in [1.29, 1.82) is 0 Å². The number of anilines is 1. The molecule has 3 N–H and O–H groups in total. The Bertz CT molecular complexity index is 1500. The summed E-state index contributed by atoms with van der Waals surface area (Å²) in [5.41, 5.74) is 5.20. The van der Waals surface area contributed by atoms with Gasteiger partial charge in [-0.05, 0) is 25.0 Å². The number of aromatic nitrogens is 3. The Morgan fingerprint density at radius 2 is 2.03 bits per heavy atom. The van der Waals surface area contributed by atoms with E-state index in [2.05, 4.69) is 15.3 Å². The van der Waals surface area contributed by atoms with E-state index in [4.69, 9.17) is 5.73 Å². The molecule has 0 fully saturated rings. The third-order valence-electron chi connectivity index (χ3n) is 6.12. The highest BCUT2D eigenvalue weighted by molar-refractivity contribution is 7.91. The number of halogens is 3. The van der Waals surface area contributed by atoms with Gasteiger partial charge in [-0.3, -0.25) is 9.36 Å². The maximum absolute atomic E-state index is 15.0. The zero-order valence-electron chi connectivity index (χ0n) is 19.1. The molecule has 3 aromatic rings. The van der Waals surface area contributed by atoms with Crippen LogP contribution in [-0.2, 0) is 22.8 Å². The first-order valence-electron chi connectivity index (χ1n) is 10.8. The first-order valence-corrected chi connectivity index (χ1v) is 12.6. The van der Waals surface area contributed by atoms with Gasteiger partial charge < -0.3 is 11.1 Å². The monoisotopic (exact) mass is 507 g/mol. The van der Waals surface area contributed by atoms with Crippen molar-refractivity contribution in [3.05, 3.63) is 69.5 Å². The predicted octanol–water partition coefficient (Wildman–Crippen LogP) is 2.89. The third kappa shape index (κ3) is 4.67. The van der Waals surface area contributed by atoms with Gasteiger partial charge in [0.25, 0.3) is 11.5 Å². The van der Waals surface area contributed by atoms with Crippen molar-refractivity contribution >= 4 is 32.3 Å². The molecule has 0 unspecified atom stereocenters. The Morgan fingerprint density at radius 1 is 1.29 bits per heavy atom. The van der Waals surface area contributed by atoms with Crippen LogP contribution in [-0.4, -0.2) is 41.0 Å². The van der Waals surface area contributed by atoms with Crippen molar-refractivity contribution in [3.63, 3.8) is 0 Å². The Kier molecular flexibility index (Phi) is 6.45. The fourth-order valence-corrected chi connectivity index (χ4v) is 5.25. The number of hydrogen-bond donors (Lipinski definition) is 2. The van der Waals surface area contributed by atoms with E-state index in [-0.39, 0.29) is 34.9 Å². The number of nitrogens with one attached hydrogen (secondary N) is 1. The molecule has 0 bridgehead atoms. The second-order valence-electron chi connectivity index (χ2n) is 8.46. The zero-order valence-corrected chi connectivity index (χ0v) is 19.9. The summed E-state index contributed by atoms with van der Waals surface area (Å²) < 4.78 is 68.1. The Labute approximate surface area is 199 Å². The van der Waals surface area contributed by atoms with E-state index >= 15 is 0 Å². The number of rotatable bonds is 6. The van der Waals surface area contributed by atoms with E-state index in [1.54, 1.807) is 13.0 Å². The molecule has 0 spiro atoms. The van der Waals surface area contributed by atoms with E-state index in [1.165, 1.54) is 36.2 Å². The van der Waals surface area contributed by atoms with Crippen LogP contribution in [0.2, 0.25) is 0 Å². The molecule has 8 nitrogen and oxygen atoms in total. The second kappa shape index (κ2) is 9.08. The quantitative estimate of drug-likeness (QED) is 0.526. The molecule has 1 aliphatic heterocycles. The highest BCUT2D eigenvalue weighted by Gasteiger charge is 2.34. The van der Waals surface area contributed by atoms with Crippen LogP contribution in [0, 0.1) is 5.82 Å². The Morgan fingerprint density at radius 3 is 2.69 bits per heavy atom. The van der Waals surface area contributed by atoms with Gasteiger partial charge in [0.05, 0.1) is 35.0 Å². The highest BCUT2D eigenvalue weighted by atomic mass is 32.2. The van der Waals surface area contributed by atoms with Gasteiger partial charge >= 0.3 is 0 Å². The molecule has 0 amide bonds. The van der Waals surface area contributed by atoms with Crippen molar-refractivity contribution in [2.45, 2.75) is 25.3 Å². The van der Waals surface area contributed by atoms with E-state index < -0.39 is 39.7 Å².